The van der Waals surface area contributed by atoms with Gasteiger partial charge < -0.3 is 9.64 Å². The smallest absolute Gasteiger partial charge is 0.248 e. The van der Waals surface area contributed by atoms with E-state index in [1.165, 1.54) is 51.6 Å². The lowest BCUT2D eigenvalue weighted by Gasteiger charge is -2.41. The molecule has 1 aliphatic carbocycles. The topological polar surface area (TPSA) is 32.8 Å². The summed E-state index contributed by atoms with van der Waals surface area (Å²) >= 11 is 0. The van der Waals surface area contributed by atoms with Crippen LogP contribution in [0.3, 0.4) is 0 Å². The van der Waals surface area contributed by atoms with E-state index in [9.17, 15) is 4.79 Å². The zero-order valence-electron chi connectivity index (χ0n) is 14.2. The predicted molar refractivity (Wildman–Crippen MR) is 90.7 cm³/mol. The highest BCUT2D eigenvalue weighted by molar-refractivity contribution is 6.33. The van der Waals surface area contributed by atoms with Crippen molar-refractivity contribution < 1.29 is 9.53 Å². The van der Waals surface area contributed by atoms with Crippen molar-refractivity contribution in [3.8, 4) is 0 Å². The Kier molecular flexibility index (Phi) is 5.45. The van der Waals surface area contributed by atoms with E-state index in [0.29, 0.717) is 5.41 Å². The van der Waals surface area contributed by atoms with E-state index in [-0.39, 0.29) is 12.5 Å². The van der Waals surface area contributed by atoms with Gasteiger partial charge in [-0.25, -0.2) is 0 Å². The number of piperidine rings is 1. The van der Waals surface area contributed by atoms with Crippen LogP contribution < -0.4 is 0 Å². The van der Waals surface area contributed by atoms with E-state index >= 15 is 0 Å². The maximum absolute atomic E-state index is 12.2. The van der Waals surface area contributed by atoms with Crippen LogP contribution in [0.15, 0.2) is 0 Å². The Morgan fingerprint density at radius 3 is 2.59 bits per heavy atom. The Balaban J connectivity index is 1.39. The van der Waals surface area contributed by atoms with Crippen LogP contribution >= 0.6 is 0 Å². The van der Waals surface area contributed by atoms with Crippen molar-refractivity contribution in [2.24, 2.45) is 5.41 Å². The summed E-state index contributed by atoms with van der Waals surface area (Å²) in [7, 11) is 1.12. The van der Waals surface area contributed by atoms with Crippen molar-refractivity contribution in [3.63, 3.8) is 0 Å². The van der Waals surface area contributed by atoms with Gasteiger partial charge in [0.1, 0.15) is 13.9 Å². The molecule has 0 aromatic carbocycles. The quantitative estimate of drug-likeness (QED) is 0.554. The largest absolute Gasteiger partial charge is 0.372 e. The third-order valence-corrected chi connectivity index (χ3v) is 6.10. The number of carbonyl (C=O) groups excluding carboxylic acids is 1. The number of amides is 1. The van der Waals surface area contributed by atoms with Crippen molar-refractivity contribution in [2.75, 3.05) is 39.4 Å². The minimum atomic E-state index is 0.194. The molecule has 2 heterocycles. The van der Waals surface area contributed by atoms with Crippen LogP contribution in [-0.4, -0.2) is 68.4 Å². The molecule has 3 aliphatic rings. The summed E-state index contributed by atoms with van der Waals surface area (Å²) in [4.78, 5) is 16.9. The molecule has 0 unspecified atom stereocenters. The Bertz CT molecular complexity index is 379. The number of likely N-dealkylation sites (tertiary alicyclic amines) is 2. The van der Waals surface area contributed by atoms with E-state index in [1.54, 1.807) is 0 Å². The fourth-order valence-electron chi connectivity index (χ4n) is 4.17. The Morgan fingerprint density at radius 1 is 1.23 bits per heavy atom. The van der Waals surface area contributed by atoms with Crippen LogP contribution in [-0.2, 0) is 9.53 Å². The molecule has 0 aromatic rings. The standard InChI is InChI=1S/C17H31BN2O2/c1-18-8-12-22-13-16(21)19-9-5-17(6-10-19)7-11-20(14-17)15-3-2-4-15/h15,18H,2-14H2,1H3. The Hall–Kier alpha value is -0.545. The molecular weight excluding hydrogens is 275 g/mol. The zero-order valence-corrected chi connectivity index (χ0v) is 14.2. The van der Waals surface area contributed by atoms with E-state index in [4.69, 9.17) is 4.74 Å². The van der Waals surface area contributed by atoms with Crippen molar-refractivity contribution in [1.29, 1.82) is 0 Å². The van der Waals surface area contributed by atoms with Gasteiger partial charge in [0.05, 0.1) is 0 Å². The fourth-order valence-corrected chi connectivity index (χ4v) is 4.17. The van der Waals surface area contributed by atoms with E-state index in [1.807, 2.05) is 4.90 Å². The van der Waals surface area contributed by atoms with Crippen molar-refractivity contribution in [2.45, 2.75) is 57.7 Å². The number of nitrogens with zero attached hydrogens (tertiary/aromatic N) is 2. The first kappa shape index (κ1) is 16.3. The molecule has 22 heavy (non-hydrogen) atoms. The summed E-state index contributed by atoms with van der Waals surface area (Å²) in [5, 5.41) is 0. The second-order valence-electron chi connectivity index (χ2n) is 7.59. The third kappa shape index (κ3) is 3.68. The van der Waals surface area contributed by atoms with Gasteiger partial charge in [-0.1, -0.05) is 19.6 Å². The molecule has 124 valence electrons. The number of rotatable bonds is 6. The van der Waals surface area contributed by atoms with Gasteiger partial charge in [-0.05, 0) is 44.1 Å². The van der Waals surface area contributed by atoms with Crippen molar-refractivity contribution in [3.05, 3.63) is 0 Å². The summed E-state index contributed by atoms with van der Waals surface area (Å²) < 4.78 is 5.48. The van der Waals surface area contributed by atoms with Crippen molar-refractivity contribution >= 4 is 13.2 Å². The lowest BCUT2D eigenvalue weighted by Crippen LogP contribution is -2.46. The molecule has 1 spiro atoms. The molecule has 1 saturated carbocycles. The van der Waals surface area contributed by atoms with Crippen molar-refractivity contribution in [1.82, 2.24) is 9.80 Å². The number of hydrogen-bond donors (Lipinski definition) is 0. The third-order valence-electron chi connectivity index (χ3n) is 6.10. The Labute approximate surface area is 135 Å². The SMILES string of the molecule is CBCCOCC(=O)N1CCC2(CC1)CCN(C1CCC1)C2. The molecule has 3 fully saturated rings. The minimum Gasteiger partial charge on any atom is -0.372 e. The predicted octanol–water partition coefficient (Wildman–Crippen LogP) is 1.77. The fraction of sp³-hybridized carbons (Fsp3) is 0.941. The highest BCUT2D eigenvalue weighted by atomic mass is 16.5. The molecule has 0 N–H and O–H groups in total. The number of hydrogen-bond acceptors (Lipinski definition) is 3. The highest BCUT2D eigenvalue weighted by Crippen LogP contribution is 2.43. The number of carbonyl (C=O) groups is 1. The van der Waals surface area contributed by atoms with Gasteiger partial charge in [0.25, 0.3) is 0 Å². The lowest BCUT2D eigenvalue weighted by molar-refractivity contribution is -0.138. The molecule has 0 aromatic heterocycles. The van der Waals surface area contributed by atoms with Gasteiger partial charge in [-0.3, -0.25) is 9.69 Å². The summed E-state index contributed by atoms with van der Waals surface area (Å²) in [6, 6.07) is 0.881. The normalized spacial score (nSPS) is 25.4. The van der Waals surface area contributed by atoms with E-state index < -0.39 is 0 Å². The first-order valence-corrected chi connectivity index (χ1v) is 9.32. The molecule has 1 amide bonds. The lowest BCUT2D eigenvalue weighted by atomic mass is 9.77. The van der Waals surface area contributed by atoms with E-state index in [0.717, 1.165) is 39.3 Å². The van der Waals surface area contributed by atoms with Crippen LogP contribution in [0.4, 0.5) is 0 Å². The monoisotopic (exact) mass is 306 g/mol. The first-order valence-electron chi connectivity index (χ1n) is 9.32. The minimum absolute atomic E-state index is 0.194. The molecule has 0 bridgehead atoms. The summed E-state index contributed by atoms with van der Waals surface area (Å²) in [5.41, 5.74) is 0.509. The molecular formula is C17H31BN2O2. The second kappa shape index (κ2) is 7.35. The average molecular weight is 306 g/mol. The van der Waals surface area contributed by atoms with Gasteiger partial charge in [0.2, 0.25) is 5.91 Å². The summed E-state index contributed by atoms with van der Waals surface area (Å²) in [6.45, 7) is 7.59. The molecule has 0 radical (unpaired) electrons. The van der Waals surface area contributed by atoms with Gasteiger partial charge >= 0.3 is 0 Å². The molecule has 4 nitrogen and oxygen atoms in total. The molecule has 0 atom stereocenters. The van der Waals surface area contributed by atoms with Crippen LogP contribution in [0.2, 0.25) is 13.1 Å². The second-order valence-corrected chi connectivity index (χ2v) is 7.59. The van der Waals surface area contributed by atoms with Gasteiger partial charge in [-0.15, -0.1) is 0 Å². The molecule has 5 heteroatoms. The van der Waals surface area contributed by atoms with Crippen LogP contribution in [0, 0.1) is 5.41 Å². The highest BCUT2D eigenvalue weighted by Gasteiger charge is 2.43. The maximum atomic E-state index is 12.2. The van der Waals surface area contributed by atoms with Crippen LogP contribution in [0.25, 0.3) is 0 Å². The van der Waals surface area contributed by atoms with E-state index in [2.05, 4.69) is 11.7 Å². The van der Waals surface area contributed by atoms with Crippen LogP contribution in [0.5, 0.6) is 0 Å². The van der Waals surface area contributed by atoms with Gasteiger partial charge in [0, 0.05) is 32.3 Å². The molecule has 2 saturated heterocycles. The average Bonchev–Trinajstić information content (AvgIpc) is 2.86. The Morgan fingerprint density at radius 2 is 1.95 bits per heavy atom. The van der Waals surface area contributed by atoms with Gasteiger partial charge in [0.15, 0.2) is 0 Å². The zero-order chi connectivity index (χ0) is 15.4. The molecule has 2 aliphatic heterocycles. The summed E-state index contributed by atoms with van der Waals surface area (Å²) in [6.07, 6.45) is 9.03. The molecule has 3 rings (SSSR count). The first-order chi connectivity index (χ1) is 10.7. The maximum Gasteiger partial charge on any atom is 0.248 e. The summed E-state index contributed by atoms with van der Waals surface area (Å²) in [5.74, 6) is 0.194. The van der Waals surface area contributed by atoms with Crippen LogP contribution in [0.1, 0.15) is 38.5 Å². The number of ether oxygens (including phenoxy) is 1. The van der Waals surface area contributed by atoms with Gasteiger partial charge in [-0.2, -0.15) is 0 Å².